The molecule has 0 fully saturated rings. The lowest BCUT2D eigenvalue weighted by molar-refractivity contribution is 0.467. The van der Waals surface area contributed by atoms with Crippen LogP contribution < -0.4 is 0 Å². The second-order valence-corrected chi connectivity index (χ2v) is 3.77. The van der Waals surface area contributed by atoms with Crippen molar-refractivity contribution in [3.8, 4) is 11.8 Å². The zero-order valence-electron chi connectivity index (χ0n) is 7.56. The maximum Gasteiger partial charge on any atom is 0.132 e. The van der Waals surface area contributed by atoms with Crippen LogP contribution in [0.3, 0.4) is 0 Å². The van der Waals surface area contributed by atoms with Gasteiger partial charge in [0.2, 0.25) is 0 Å². The Kier molecular flexibility index (Phi) is 2.94. The molecule has 0 heterocycles. The van der Waals surface area contributed by atoms with E-state index in [1.165, 1.54) is 0 Å². The van der Waals surface area contributed by atoms with Crippen molar-refractivity contribution in [3.63, 3.8) is 0 Å². The summed E-state index contributed by atoms with van der Waals surface area (Å²) in [6, 6.07) is 3.94. The highest BCUT2D eigenvalue weighted by atomic mass is 79.9. The number of aryl methyl sites for hydroxylation is 1. The molecule has 0 amide bonds. The van der Waals surface area contributed by atoms with E-state index in [1.807, 2.05) is 19.9 Å². The monoisotopic (exact) mass is 239 g/mol. The van der Waals surface area contributed by atoms with E-state index in [9.17, 15) is 5.11 Å². The molecule has 1 aromatic carbocycles. The molecule has 0 aliphatic rings. The van der Waals surface area contributed by atoms with Crippen LogP contribution in [0.15, 0.2) is 10.5 Å². The zero-order chi connectivity index (χ0) is 10.0. The number of nitriles is 1. The Morgan fingerprint density at radius 2 is 2.15 bits per heavy atom. The van der Waals surface area contributed by atoms with Gasteiger partial charge in [0.25, 0.3) is 0 Å². The quantitative estimate of drug-likeness (QED) is 0.820. The minimum absolute atomic E-state index is 0.263. The molecule has 0 saturated carbocycles. The van der Waals surface area contributed by atoms with Crippen molar-refractivity contribution >= 4 is 15.9 Å². The van der Waals surface area contributed by atoms with Crippen molar-refractivity contribution in [1.82, 2.24) is 0 Å². The summed E-state index contributed by atoms with van der Waals surface area (Å²) >= 11 is 3.29. The maximum atomic E-state index is 9.55. The van der Waals surface area contributed by atoms with E-state index in [4.69, 9.17) is 5.26 Å². The van der Waals surface area contributed by atoms with Gasteiger partial charge in [0.1, 0.15) is 5.75 Å². The average molecular weight is 240 g/mol. The standard InChI is InChI=1S/C10H10BrNO/c1-6-5-8(3-4-12)7(2)9(11)10(6)13/h5,13H,3H2,1-2H3. The second kappa shape index (κ2) is 3.80. The van der Waals surface area contributed by atoms with Gasteiger partial charge in [-0.25, -0.2) is 0 Å². The molecule has 13 heavy (non-hydrogen) atoms. The Bertz CT molecular complexity index is 379. The first kappa shape index (κ1) is 10.1. The number of benzene rings is 1. The molecule has 0 bridgehead atoms. The van der Waals surface area contributed by atoms with Crippen LogP contribution in [0.5, 0.6) is 5.75 Å². The Labute approximate surface area is 85.9 Å². The Morgan fingerprint density at radius 3 is 2.69 bits per heavy atom. The summed E-state index contributed by atoms with van der Waals surface area (Å²) in [5.41, 5.74) is 2.69. The van der Waals surface area contributed by atoms with E-state index in [0.29, 0.717) is 10.9 Å². The van der Waals surface area contributed by atoms with E-state index >= 15 is 0 Å². The fourth-order valence-electron chi connectivity index (χ4n) is 1.20. The van der Waals surface area contributed by atoms with Crippen LogP contribution in [0.2, 0.25) is 0 Å². The van der Waals surface area contributed by atoms with Crippen LogP contribution in [-0.2, 0) is 6.42 Å². The van der Waals surface area contributed by atoms with Gasteiger partial charge in [-0.2, -0.15) is 5.26 Å². The van der Waals surface area contributed by atoms with E-state index < -0.39 is 0 Å². The van der Waals surface area contributed by atoms with Crippen molar-refractivity contribution in [2.45, 2.75) is 20.3 Å². The first-order valence-corrected chi connectivity index (χ1v) is 4.71. The summed E-state index contributed by atoms with van der Waals surface area (Å²) in [5, 5.41) is 18.1. The molecule has 0 unspecified atom stereocenters. The van der Waals surface area contributed by atoms with Gasteiger partial charge >= 0.3 is 0 Å². The number of phenolic OH excluding ortho intramolecular Hbond substituents is 1. The first-order valence-electron chi connectivity index (χ1n) is 3.92. The number of hydrogen-bond acceptors (Lipinski definition) is 2. The van der Waals surface area contributed by atoms with Crippen LogP contribution in [0.1, 0.15) is 16.7 Å². The van der Waals surface area contributed by atoms with Gasteiger partial charge < -0.3 is 5.11 Å². The lowest BCUT2D eigenvalue weighted by atomic mass is 10.0. The van der Waals surface area contributed by atoms with Gasteiger partial charge in [0.15, 0.2) is 0 Å². The van der Waals surface area contributed by atoms with Crippen LogP contribution in [0.4, 0.5) is 0 Å². The summed E-state index contributed by atoms with van der Waals surface area (Å²) in [7, 11) is 0. The molecule has 0 aromatic heterocycles. The first-order chi connectivity index (χ1) is 6.07. The molecule has 0 aliphatic heterocycles. The van der Waals surface area contributed by atoms with Crippen LogP contribution in [-0.4, -0.2) is 5.11 Å². The number of rotatable bonds is 1. The SMILES string of the molecule is Cc1cc(CC#N)c(C)c(Br)c1O. The van der Waals surface area contributed by atoms with Gasteiger partial charge in [0, 0.05) is 0 Å². The molecule has 2 nitrogen and oxygen atoms in total. The van der Waals surface area contributed by atoms with Crippen molar-refractivity contribution in [3.05, 3.63) is 27.2 Å². The third-order valence-electron chi connectivity index (χ3n) is 2.05. The largest absolute Gasteiger partial charge is 0.506 e. The molecule has 0 aliphatic carbocycles. The van der Waals surface area contributed by atoms with Crippen molar-refractivity contribution in [2.24, 2.45) is 0 Å². The number of hydrogen-bond donors (Lipinski definition) is 1. The zero-order valence-corrected chi connectivity index (χ0v) is 9.14. The number of phenols is 1. The molecule has 1 rings (SSSR count). The van der Waals surface area contributed by atoms with E-state index in [1.54, 1.807) is 0 Å². The number of aromatic hydroxyl groups is 1. The van der Waals surface area contributed by atoms with Crippen LogP contribution >= 0.6 is 15.9 Å². The highest BCUT2D eigenvalue weighted by molar-refractivity contribution is 9.10. The van der Waals surface area contributed by atoms with Gasteiger partial charge in [-0.1, -0.05) is 6.07 Å². The molecule has 1 N–H and O–H groups in total. The normalized spacial score (nSPS) is 9.69. The Hall–Kier alpha value is -1.01. The Morgan fingerprint density at radius 1 is 1.54 bits per heavy atom. The lowest BCUT2D eigenvalue weighted by Crippen LogP contribution is -1.91. The van der Waals surface area contributed by atoms with Crippen molar-refractivity contribution in [2.75, 3.05) is 0 Å². The van der Waals surface area contributed by atoms with Crippen molar-refractivity contribution < 1.29 is 5.11 Å². The third kappa shape index (κ3) is 1.84. The van der Waals surface area contributed by atoms with Gasteiger partial charge in [-0.05, 0) is 46.5 Å². The second-order valence-electron chi connectivity index (χ2n) is 2.98. The molecular weight excluding hydrogens is 230 g/mol. The van der Waals surface area contributed by atoms with E-state index in [-0.39, 0.29) is 5.75 Å². The Balaban J connectivity index is 3.34. The fraction of sp³-hybridized carbons (Fsp3) is 0.300. The minimum Gasteiger partial charge on any atom is -0.506 e. The molecule has 3 heteroatoms. The molecule has 0 radical (unpaired) electrons. The molecule has 0 spiro atoms. The summed E-state index contributed by atoms with van der Waals surface area (Å²) in [5.74, 6) is 0.263. The third-order valence-corrected chi connectivity index (χ3v) is 3.02. The topological polar surface area (TPSA) is 44.0 Å². The van der Waals surface area contributed by atoms with Gasteiger partial charge in [-0.15, -0.1) is 0 Å². The highest BCUT2D eigenvalue weighted by Gasteiger charge is 2.09. The minimum atomic E-state index is 0.263. The van der Waals surface area contributed by atoms with Crippen LogP contribution in [0, 0.1) is 25.2 Å². The van der Waals surface area contributed by atoms with Gasteiger partial charge in [-0.3, -0.25) is 0 Å². The summed E-state index contributed by atoms with van der Waals surface area (Å²) in [4.78, 5) is 0. The number of nitrogens with zero attached hydrogens (tertiary/aromatic N) is 1. The van der Waals surface area contributed by atoms with E-state index in [2.05, 4.69) is 22.0 Å². The van der Waals surface area contributed by atoms with E-state index in [0.717, 1.165) is 16.7 Å². The molecule has 68 valence electrons. The maximum absolute atomic E-state index is 9.55. The molecule has 0 saturated heterocycles. The predicted octanol–water partition coefficient (Wildman–Crippen LogP) is 2.84. The molecular formula is C10H10BrNO. The molecule has 1 aromatic rings. The summed E-state index contributed by atoms with van der Waals surface area (Å²) in [6.07, 6.45) is 0.381. The van der Waals surface area contributed by atoms with Crippen molar-refractivity contribution in [1.29, 1.82) is 5.26 Å². The summed E-state index contributed by atoms with van der Waals surface area (Å²) in [6.45, 7) is 3.70. The van der Waals surface area contributed by atoms with Gasteiger partial charge in [0.05, 0.1) is 17.0 Å². The molecule has 0 atom stereocenters. The van der Waals surface area contributed by atoms with Crippen LogP contribution in [0.25, 0.3) is 0 Å². The average Bonchev–Trinajstić information content (AvgIpc) is 2.11. The lowest BCUT2D eigenvalue weighted by Gasteiger charge is -2.09. The highest BCUT2D eigenvalue weighted by Crippen LogP contribution is 2.33. The predicted molar refractivity (Wildman–Crippen MR) is 54.6 cm³/mol. The number of halogens is 1. The summed E-state index contributed by atoms with van der Waals surface area (Å²) < 4.78 is 0.692. The fourth-order valence-corrected chi connectivity index (χ4v) is 1.77. The smallest absolute Gasteiger partial charge is 0.132 e.